The molecule has 0 bridgehead atoms. The molecule has 0 spiro atoms. The van der Waals surface area contributed by atoms with Crippen molar-refractivity contribution in [2.45, 2.75) is 18.3 Å². The maximum absolute atomic E-state index is 13.9. The molecule has 6 heteroatoms. The molecule has 1 saturated heterocycles. The Hall–Kier alpha value is -1.30. The molecule has 1 aliphatic heterocycles. The second-order valence-corrected chi connectivity index (χ2v) is 6.90. The molecule has 1 aliphatic carbocycles. The third-order valence-corrected chi connectivity index (χ3v) is 5.18. The van der Waals surface area contributed by atoms with Gasteiger partial charge in [0, 0.05) is 36.1 Å². The number of hydrogen-bond acceptors (Lipinski definition) is 2. The highest BCUT2D eigenvalue weighted by Crippen LogP contribution is 2.49. The van der Waals surface area contributed by atoms with E-state index in [9.17, 15) is 8.78 Å². The SMILES string of the molecule is NC(=NCC1(c2ccc(F)cc2F)CC1)N1CCSCC1. The number of benzene rings is 1. The van der Waals surface area contributed by atoms with Crippen LogP contribution >= 0.6 is 11.8 Å². The molecular formula is C15H19F2N3S. The predicted molar refractivity (Wildman–Crippen MR) is 82.7 cm³/mol. The average Bonchev–Trinajstić information content (AvgIpc) is 3.26. The van der Waals surface area contributed by atoms with E-state index in [0.29, 0.717) is 18.1 Å². The highest BCUT2D eigenvalue weighted by Gasteiger charge is 2.46. The summed E-state index contributed by atoms with van der Waals surface area (Å²) in [5.41, 5.74) is 6.32. The van der Waals surface area contributed by atoms with E-state index in [4.69, 9.17) is 5.73 Å². The van der Waals surface area contributed by atoms with Gasteiger partial charge in [0.2, 0.25) is 0 Å². The fourth-order valence-corrected chi connectivity index (χ4v) is 3.61. The summed E-state index contributed by atoms with van der Waals surface area (Å²) < 4.78 is 26.9. The zero-order valence-corrected chi connectivity index (χ0v) is 12.6. The van der Waals surface area contributed by atoms with Crippen molar-refractivity contribution in [3.05, 3.63) is 35.4 Å². The van der Waals surface area contributed by atoms with Crippen molar-refractivity contribution in [3.8, 4) is 0 Å². The largest absolute Gasteiger partial charge is 0.370 e. The number of hydrogen-bond donors (Lipinski definition) is 1. The minimum Gasteiger partial charge on any atom is -0.370 e. The van der Waals surface area contributed by atoms with Crippen molar-refractivity contribution in [3.63, 3.8) is 0 Å². The van der Waals surface area contributed by atoms with Gasteiger partial charge in [-0.15, -0.1) is 0 Å². The number of aliphatic imine (C=N–C) groups is 1. The van der Waals surface area contributed by atoms with Crippen LogP contribution < -0.4 is 5.73 Å². The van der Waals surface area contributed by atoms with Crippen LogP contribution in [0, 0.1) is 11.6 Å². The van der Waals surface area contributed by atoms with Gasteiger partial charge in [-0.05, 0) is 24.5 Å². The zero-order valence-electron chi connectivity index (χ0n) is 11.8. The van der Waals surface area contributed by atoms with E-state index < -0.39 is 11.6 Å². The highest BCUT2D eigenvalue weighted by molar-refractivity contribution is 7.99. The Kier molecular flexibility index (Phi) is 4.06. The molecule has 2 aliphatic rings. The van der Waals surface area contributed by atoms with Gasteiger partial charge in [0.15, 0.2) is 5.96 Å². The van der Waals surface area contributed by atoms with Crippen molar-refractivity contribution < 1.29 is 8.78 Å². The van der Waals surface area contributed by atoms with E-state index in [1.54, 1.807) is 6.07 Å². The summed E-state index contributed by atoms with van der Waals surface area (Å²) in [6.45, 7) is 2.31. The molecule has 0 aromatic heterocycles. The van der Waals surface area contributed by atoms with E-state index in [1.165, 1.54) is 6.07 Å². The summed E-state index contributed by atoms with van der Waals surface area (Å²) in [5.74, 6) is 1.66. The van der Waals surface area contributed by atoms with Crippen molar-refractivity contribution in [2.24, 2.45) is 10.7 Å². The van der Waals surface area contributed by atoms with Crippen LogP contribution in [0.2, 0.25) is 0 Å². The lowest BCUT2D eigenvalue weighted by Gasteiger charge is -2.27. The van der Waals surface area contributed by atoms with Gasteiger partial charge in [-0.1, -0.05) is 6.07 Å². The van der Waals surface area contributed by atoms with Crippen molar-refractivity contribution in [1.82, 2.24) is 4.90 Å². The van der Waals surface area contributed by atoms with Crippen LogP contribution in [0.1, 0.15) is 18.4 Å². The van der Waals surface area contributed by atoms with Gasteiger partial charge < -0.3 is 10.6 Å². The van der Waals surface area contributed by atoms with E-state index in [1.807, 2.05) is 11.8 Å². The lowest BCUT2D eigenvalue weighted by Crippen LogP contribution is -2.43. The van der Waals surface area contributed by atoms with Gasteiger partial charge in [-0.2, -0.15) is 11.8 Å². The molecule has 114 valence electrons. The molecule has 0 atom stereocenters. The van der Waals surface area contributed by atoms with Crippen LogP contribution in [0.25, 0.3) is 0 Å². The summed E-state index contributed by atoms with van der Waals surface area (Å²) in [4.78, 5) is 6.55. The van der Waals surface area contributed by atoms with Gasteiger partial charge in [-0.25, -0.2) is 8.78 Å². The molecule has 2 N–H and O–H groups in total. The molecule has 3 rings (SSSR count). The molecule has 1 heterocycles. The maximum Gasteiger partial charge on any atom is 0.191 e. The van der Waals surface area contributed by atoms with Gasteiger partial charge in [-0.3, -0.25) is 4.99 Å². The summed E-state index contributed by atoms with van der Waals surface area (Å²) in [6.07, 6.45) is 1.75. The second-order valence-electron chi connectivity index (χ2n) is 5.68. The number of halogens is 2. The summed E-state index contributed by atoms with van der Waals surface area (Å²) in [5, 5.41) is 0. The Morgan fingerprint density at radius 2 is 2.00 bits per heavy atom. The number of rotatable bonds is 3. The molecule has 2 fully saturated rings. The fraction of sp³-hybridized carbons (Fsp3) is 0.533. The molecule has 0 amide bonds. The molecule has 1 saturated carbocycles. The van der Waals surface area contributed by atoms with Crippen LogP contribution in [-0.2, 0) is 5.41 Å². The summed E-state index contributed by atoms with van der Waals surface area (Å²) >= 11 is 1.91. The van der Waals surface area contributed by atoms with Gasteiger partial charge in [0.05, 0.1) is 6.54 Å². The van der Waals surface area contributed by atoms with Gasteiger partial charge >= 0.3 is 0 Å². The number of thioether (sulfide) groups is 1. The quantitative estimate of drug-likeness (QED) is 0.688. The lowest BCUT2D eigenvalue weighted by molar-refractivity contribution is 0.453. The summed E-state index contributed by atoms with van der Waals surface area (Å²) in [7, 11) is 0. The van der Waals surface area contributed by atoms with Crippen LogP contribution in [0.5, 0.6) is 0 Å². The van der Waals surface area contributed by atoms with E-state index in [0.717, 1.165) is 43.5 Å². The van der Waals surface area contributed by atoms with Crippen LogP contribution in [0.3, 0.4) is 0 Å². The van der Waals surface area contributed by atoms with Crippen molar-refractivity contribution in [1.29, 1.82) is 0 Å². The van der Waals surface area contributed by atoms with E-state index in [-0.39, 0.29) is 5.41 Å². The first-order valence-electron chi connectivity index (χ1n) is 7.19. The molecule has 3 nitrogen and oxygen atoms in total. The monoisotopic (exact) mass is 311 g/mol. The first kappa shape index (κ1) is 14.6. The predicted octanol–water partition coefficient (Wildman–Crippen LogP) is 2.36. The highest BCUT2D eigenvalue weighted by atomic mass is 32.2. The van der Waals surface area contributed by atoms with Crippen molar-refractivity contribution in [2.75, 3.05) is 31.1 Å². The number of nitrogens with zero attached hydrogens (tertiary/aromatic N) is 2. The van der Waals surface area contributed by atoms with E-state index in [2.05, 4.69) is 9.89 Å². The Morgan fingerprint density at radius 3 is 2.62 bits per heavy atom. The molecule has 1 aromatic carbocycles. The standard InChI is InChI=1S/C15H19F2N3S/c16-11-1-2-12(13(17)9-11)15(3-4-15)10-19-14(18)20-5-7-21-8-6-20/h1-2,9H,3-8,10H2,(H2,18,19). The second kappa shape index (κ2) is 5.83. The molecule has 0 unspecified atom stereocenters. The van der Waals surface area contributed by atoms with Crippen molar-refractivity contribution >= 4 is 17.7 Å². The lowest BCUT2D eigenvalue weighted by atomic mass is 9.95. The Morgan fingerprint density at radius 1 is 1.29 bits per heavy atom. The smallest absolute Gasteiger partial charge is 0.191 e. The van der Waals surface area contributed by atoms with Gasteiger partial charge in [0.25, 0.3) is 0 Å². The van der Waals surface area contributed by atoms with Crippen LogP contribution in [0.15, 0.2) is 23.2 Å². The van der Waals surface area contributed by atoms with Crippen LogP contribution in [-0.4, -0.2) is 42.0 Å². The molecule has 1 aromatic rings. The average molecular weight is 311 g/mol. The van der Waals surface area contributed by atoms with Crippen LogP contribution in [0.4, 0.5) is 8.78 Å². The zero-order chi connectivity index (χ0) is 14.9. The third kappa shape index (κ3) is 3.15. The topological polar surface area (TPSA) is 41.6 Å². The molecule has 0 radical (unpaired) electrons. The normalized spacial score (nSPS) is 21.4. The fourth-order valence-electron chi connectivity index (χ4n) is 2.71. The maximum atomic E-state index is 13.9. The number of nitrogens with two attached hydrogens (primary N) is 1. The molecule has 21 heavy (non-hydrogen) atoms. The van der Waals surface area contributed by atoms with E-state index >= 15 is 0 Å². The Balaban J connectivity index is 1.71. The Bertz CT molecular complexity index is 552. The summed E-state index contributed by atoms with van der Waals surface area (Å²) in [6, 6.07) is 3.80. The minimum atomic E-state index is -0.541. The third-order valence-electron chi connectivity index (χ3n) is 4.23. The Labute approximate surface area is 127 Å². The molecular weight excluding hydrogens is 292 g/mol. The number of guanidine groups is 1. The minimum absolute atomic E-state index is 0.285. The first-order chi connectivity index (χ1) is 10.1. The van der Waals surface area contributed by atoms with Gasteiger partial charge in [0.1, 0.15) is 11.6 Å². The first-order valence-corrected chi connectivity index (χ1v) is 8.34.